The average Bonchev–Trinajstić information content (AvgIpc) is 2.56. The normalized spacial score (nSPS) is 15.6. The van der Waals surface area contributed by atoms with E-state index in [2.05, 4.69) is 17.1 Å². The fourth-order valence-electron chi connectivity index (χ4n) is 2.47. The number of hydrogen-bond acceptors (Lipinski definition) is 4. The van der Waals surface area contributed by atoms with Crippen molar-refractivity contribution in [1.82, 2.24) is 15.1 Å². The van der Waals surface area contributed by atoms with E-state index in [1.807, 2.05) is 0 Å². The molecule has 0 spiro atoms. The summed E-state index contributed by atoms with van der Waals surface area (Å²) >= 11 is 0. The van der Waals surface area contributed by atoms with Gasteiger partial charge in [-0.05, 0) is 30.7 Å². The lowest BCUT2D eigenvalue weighted by atomic mass is 10.1. The molecule has 0 aromatic heterocycles. The van der Waals surface area contributed by atoms with Crippen LogP contribution in [0.25, 0.3) is 0 Å². The summed E-state index contributed by atoms with van der Waals surface area (Å²) < 4.78 is 0. The minimum atomic E-state index is -0.538. The van der Waals surface area contributed by atoms with E-state index >= 15 is 0 Å². The summed E-state index contributed by atoms with van der Waals surface area (Å²) in [5, 5.41) is 11.9. The lowest BCUT2D eigenvalue weighted by Gasteiger charge is -2.33. The fourth-order valence-corrected chi connectivity index (χ4v) is 2.47. The number of phenolic OH excluding ortho intramolecular Hbond substituents is 1. The summed E-state index contributed by atoms with van der Waals surface area (Å²) in [6.07, 6.45) is 0.628. The van der Waals surface area contributed by atoms with Gasteiger partial charge in [-0.15, -0.1) is 0 Å². The second-order valence-corrected chi connectivity index (χ2v) is 5.40. The highest BCUT2D eigenvalue weighted by Gasteiger charge is 2.24. The Morgan fingerprint density at radius 1 is 1.14 bits per heavy atom. The number of phenols is 1. The molecule has 6 heteroatoms. The maximum absolute atomic E-state index is 12.0. The molecule has 1 aliphatic rings. The number of amides is 2. The SMILES string of the molecule is CCN1CCN(C(=O)C(=O)NCCc2ccc(O)cc2)CC1. The molecular formula is C16H23N3O3. The maximum Gasteiger partial charge on any atom is 0.311 e. The number of hydrogen-bond donors (Lipinski definition) is 2. The molecule has 0 bridgehead atoms. The van der Waals surface area contributed by atoms with Crippen molar-refractivity contribution in [1.29, 1.82) is 0 Å². The number of carbonyl (C=O) groups is 2. The van der Waals surface area contributed by atoms with Crippen LogP contribution < -0.4 is 5.32 Å². The number of likely N-dealkylation sites (N-methyl/N-ethyl adjacent to an activating group) is 1. The van der Waals surface area contributed by atoms with Gasteiger partial charge in [0.1, 0.15) is 5.75 Å². The summed E-state index contributed by atoms with van der Waals surface area (Å²) in [5.74, 6) is -0.764. The van der Waals surface area contributed by atoms with Crippen molar-refractivity contribution in [2.24, 2.45) is 0 Å². The molecule has 22 heavy (non-hydrogen) atoms. The van der Waals surface area contributed by atoms with Crippen LogP contribution in [0.5, 0.6) is 5.75 Å². The second-order valence-electron chi connectivity index (χ2n) is 5.40. The van der Waals surface area contributed by atoms with Crippen molar-refractivity contribution in [2.45, 2.75) is 13.3 Å². The molecule has 2 amide bonds. The lowest BCUT2D eigenvalue weighted by molar-refractivity contribution is -0.146. The Labute approximate surface area is 130 Å². The quantitative estimate of drug-likeness (QED) is 0.780. The maximum atomic E-state index is 12.0. The molecule has 1 aromatic rings. The monoisotopic (exact) mass is 305 g/mol. The smallest absolute Gasteiger partial charge is 0.311 e. The van der Waals surface area contributed by atoms with Crippen molar-refractivity contribution >= 4 is 11.8 Å². The van der Waals surface area contributed by atoms with Gasteiger partial charge in [-0.3, -0.25) is 9.59 Å². The number of piperazine rings is 1. The zero-order valence-corrected chi connectivity index (χ0v) is 12.9. The highest BCUT2D eigenvalue weighted by molar-refractivity contribution is 6.35. The van der Waals surface area contributed by atoms with E-state index in [9.17, 15) is 14.7 Å². The average molecular weight is 305 g/mol. The topological polar surface area (TPSA) is 72.9 Å². The number of benzene rings is 1. The summed E-state index contributed by atoms with van der Waals surface area (Å²) in [5.41, 5.74) is 1.00. The third-order valence-electron chi connectivity index (χ3n) is 3.94. The molecule has 1 aliphatic heterocycles. The Balaban J connectivity index is 1.72. The van der Waals surface area contributed by atoms with Gasteiger partial charge in [0.15, 0.2) is 0 Å². The molecule has 0 aliphatic carbocycles. The van der Waals surface area contributed by atoms with Crippen LogP contribution >= 0.6 is 0 Å². The van der Waals surface area contributed by atoms with Crippen LogP contribution in [0.2, 0.25) is 0 Å². The van der Waals surface area contributed by atoms with E-state index in [1.165, 1.54) is 0 Å². The standard InChI is InChI=1S/C16H23N3O3/c1-2-18-9-11-19(12-10-18)16(22)15(21)17-8-7-13-3-5-14(20)6-4-13/h3-6,20H,2,7-12H2,1H3,(H,17,21). The molecule has 0 saturated carbocycles. The van der Waals surface area contributed by atoms with Crippen LogP contribution in [0.4, 0.5) is 0 Å². The molecule has 1 fully saturated rings. The highest BCUT2D eigenvalue weighted by atomic mass is 16.3. The van der Waals surface area contributed by atoms with Crippen molar-refractivity contribution in [3.8, 4) is 5.75 Å². The summed E-state index contributed by atoms with van der Waals surface area (Å²) in [4.78, 5) is 27.8. The predicted molar refractivity (Wildman–Crippen MR) is 83.5 cm³/mol. The molecule has 1 heterocycles. The Bertz CT molecular complexity index is 508. The largest absolute Gasteiger partial charge is 0.508 e. The van der Waals surface area contributed by atoms with Crippen LogP contribution in [0.3, 0.4) is 0 Å². The van der Waals surface area contributed by atoms with Crippen LogP contribution in [-0.4, -0.2) is 66.0 Å². The summed E-state index contributed by atoms with van der Waals surface area (Å²) in [6, 6.07) is 6.81. The van der Waals surface area contributed by atoms with Crippen LogP contribution in [-0.2, 0) is 16.0 Å². The Morgan fingerprint density at radius 2 is 1.77 bits per heavy atom. The van der Waals surface area contributed by atoms with Gasteiger partial charge >= 0.3 is 11.8 Å². The zero-order chi connectivity index (χ0) is 15.9. The van der Waals surface area contributed by atoms with Crippen molar-refractivity contribution in [3.05, 3.63) is 29.8 Å². The zero-order valence-electron chi connectivity index (χ0n) is 12.9. The van der Waals surface area contributed by atoms with Gasteiger partial charge in [-0.2, -0.15) is 0 Å². The highest BCUT2D eigenvalue weighted by Crippen LogP contribution is 2.09. The third-order valence-corrected chi connectivity index (χ3v) is 3.94. The van der Waals surface area contributed by atoms with Crippen molar-refractivity contribution < 1.29 is 14.7 Å². The Hall–Kier alpha value is -2.08. The van der Waals surface area contributed by atoms with Gasteiger partial charge in [0.2, 0.25) is 0 Å². The van der Waals surface area contributed by atoms with Crippen molar-refractivity contribution in [2.75, 3.05) is 39.3 Å². The molecule has 0 unspecified atom stereocenters. The van der Waals surface area contributed by atoms with Gasteiger partial charge in [0.25, 0.3) is 0 Å². The lowest BCUT2D eigenvalue weighted by Crippen LogP contribution is -2.52. The minimum Gasteiger partial charge on any atom is -0.508 e. The molecule has 1 saturated heterocycles. The molecular weight excluding hydrogens is 282 g/mol. The molecule has 2 N–H and O–H groups in total. The Morgan fingerprint density at radius 3 is 2.36 bits per heavy atom. The first-order valence-electron chi connectivity index (χ1n) is 7.67. The number of nitrogens with zero attached hydrogens (tertiary/aromatic N) is 2. The van der Waals surface area contributed by atoms with Crippen LogP contribution in [0, 0.1) is 0 Å². The minimum absolute atomic E-state index is 0.217. The van der Waals surface area contributed by atoms with Gasteiger partial charge in [0, 0.05) is 32.7 Å². The molecule has 1 aromatic carbocycles. The van der Waals surface area contributed by atoms with Crippen LogP contribution in [0.15, 0.2) is 24.3 Å². The number of aromatic hydroxyl groups is 1. The van der Waals surface area contributed by atoms with Crippen molar-refractivity contribution in [3.63, 3.8) is 0 Å². The third kappa shape index (κ3) is 4.46. The van der Waals surface area contributed by atoms with E-state index in [0.717, 1.165) is 25.2 Å². The van der Waals surface area contributed by atoms with E-state index in [-0.39, 0.29) is 5.75 Å². The fraction of sp³-hybridized carbons (Fsp3) is 0.500. The van der Waals surface area contributed by atoms with E-state index in [1.54, 1.807) is 29.2 Å². The molecule has 6 nitrogen and oxygen atoms in total. The van der Waals surface area contributed by atoms with Gasteiger partial charge in [-0.1, -0.05) is 19.1 Å². The van der Waals surface area contributed by atoms with E-state index in [4.69, 9.17) is 0 Å². The Kier molecular flexibility index (Phi) is 5.77. The van der Waals surface area contributed by atoms with Gasteiger partial charge < -0.3 is 20.2 Å². The van der Waals surface area contributed by atoms with Gasteiger partial charge in [-0.25, -0.2) is 0 Å². The molecule has 2 rings (SSSR count). The van der Waals surface area contributed by atoms with Crippen LogP contribution in [0.1, 0.15) is 12.5 Å². The molecule has 0 radical (unpaired) electrons. The molecule has 120 valence electrons. The first-order valence-corrected chi connectivity index (χ1v) is 7.67. The predicted octanol–water partition coefficient (Wildman–Crippen LogP) is 0.215. The second kappa shape index (κ2) is 7.79. The summed E-state index contributed by atoms with van der Waals surface area (Å²) in [7, 11) is 0. The van der Waals surface area contributed by atoms with E-state index < -0.39 is 11.8 Å². The number of carbonyl (C=O) groups excluding carboxylic acids is 2. The summed E-state index contributed by atoms with van der Waals surface area (Å²) in [6.45, 7) is 6.33. The van der Waals surface area contributed by atoms with Gasteiger partial charge in [0.05, 0.1) is 0 Å². The first-order chi connectivity index (χ1) is 10.6. The van der Waals surface area contributed by atoms with E-state index in [0.29, 0.717) is 26.1 Å². The number of nitrogens with one attached hydrogen (secondary N) is 1. The number of rotatable bonds is 4. The first kappa shape index (κ1) is 16.3. The molecule has 0 atom stereocenters.